The van der Waals surface area contributed by atoms with Gasteiger partial charge in [-0.1, -0.05) is 18.2 Å². The normalized spacial score (nSPS) is 16.6. The quantitative estimate of drug-likeness (QED) is 0.717. The molecule has 0 saturated carbocycles. The average molecular weight is 280 g/mol. The second-order valence-corrected chi connectivity index (χ2v) is 4.97. The number of nitrogens with zero attached hydrogens (tertiary/aromatic N) is 1. The highest BCUT2D eigenvalue weighted by atomic mass is 16.5. The first-order chi connectivity index (χ1) is 9.81. The third-order valence-corrected chi connectivity index (χ3v) is 3.38. The van der Waals surface area contributed by atoms with Crippen LogP contribution in [0.5, 0.6) is 0 Å². The van der Waals surface area contributed by atoms with E-state index in [1.165, 1.54) is 11.3 Å². The maximum absolute atomic E-state index is 10.1. The molecular formula is C15H24N2O3. The first kappa shape index (κ1) is 15.3. The molecule has 2 N–H and O–H groups in total. The molecule has 0 saturated heterocycles. The number of nitrogens with one attached hydrogen (secondary N) is 1. The van der Waals surface area contributed by atoms with E-state index >= 15 is 0 Å². The number of β-amino-alcohol motifs (C(OH)–C–C–N with tert-alkyl or cyclic N) is 1. The third-order valence-electron chi connectivity index (χ3n) is 3.38. The Labute approximate surface area is 120 Å². The van der Waals surface area contributed by atoms with Crippen LogP contribution in [0, 0.1) is 0 Å². The van der Waals surface area contributed by atoms with E-state index in [4.69, 9.17) is 9.47 Å². The van der Waals surface area contributed by atoms with Crippen LogP contribution in [0.4, 0.5) is 5.69 Å². The topological polar surface area (TPSA) is 54.0 Å². The van der Waals surface area contributed by atoms with Crippen LogP contribution in [0.3, 0.4) is 0 Å². The van der Waals surface area contributed by atoms with Crippen molar-refractivity contribution in [1.82, 2.24) is 5.32 Å². The van der Waals surface area contributed by atoms with Crippen molar-refractivity contribution in [3.63, 3.8) is 0 Å². The Bertz CT molecular complexity index is 400. The lowest BCUT2D eigenvalue weighted by Crippen LogP contribution is -2.37. The van der Waals surface area contributed by atoms with Gasteiger partial charge in [0.2, 0.25) is 0 Å². The standard InChI is InChI=1S/C15H24N2O3/c1-19-8-9-20-12-14(18)11-17-7-6-16-10-13-4-2-3-5-15(13)17/h2-5,14,16,18H,6-12H2,1H3. The van der Waals surface area contributed by atoms with E-state index in [-0.39, 0.29) is 0 Å². The molecule has 5 nitrogen and oxygen atoms in total. The Hall–Kier alpha value is -1.14. The van der Waals surface area contributed by atoms with Crippen molar-refractivity contribution >= 4 is 5.69 Å². The lowest BCUT2D eigenvalue weighted by atomic mass is 10.1. The fourth-order valence-corrected chi connectivity index (χ4v) is 2.38. The van der Waals surface area contributed by atoms with E-state index < -0.39 is 6.10 Å². The molecule has 1 heterocycles. The molecule has 0 fully saturated rings. The summed E-state index contributed by atoms with van der Waals surface area (Å²) in [7, 11) is 1.64. The summed E-state index contributed by atoms with van der Waals surface area (Å²) in [4.78, 5) is 2.22. The van der Waals surface area contributed by atoms with E-state index in [0.717, 1.165) is 19.6 Å². The fraction of sp³-hybridized carbons (Fsp3) is 0.600. The maximum Gasteiger partial charge on any atom is 0.0948 e. The Morgan fingerprint density at radius 1 is 1.35 bits per heavy atom. The predicted molar refractivity (Wildman–Crippen MR) is 79.1 cm³/mol. The smallest absolute Gasteiger partial charge is 0.0948 e. The Balaban J connectivity index is 1.88. The van der Waals surface area contributed by atoms with E-state index in [2.05, 4.69) is 22.3 Å². The molecule has 0 aliphatic carbocycles. The molecule has 0 radical (unpaired) electrons. The zero-order valence-electron chi connectivity index (χ0n) is 12.0. The van der Waals surface area contributed by atoms with Gasteiger partial charge in [0, 0.05) is 39.0 Å². The first-order valence-corrected chi connectivity index (χ1v) is 7.09. The van der Waals surface area contributed by atoms with Gasteiger partial charge in [-0.15, -0.1) is 0 Å². The van der Waals surface area contributed by atoms with Crippen LogP contribution in [-0.2, 0) is 16.0 Å². The van der Waals surface area contributed by atoms with Gasteiger partial charge < -0.3 is 24.8 Å². The lowest BCUT2D eigenvalue weighted by molar-refractivity contribution is 0.0161. The number of ether oxygens (including phenoxy) is 2. The number of fused-ring (bicyclic) bond motifs is 1. The molecule has 1 aliphatic heterocycles. The summed E-state index contributed by atoms with van der Waals surface area (Å²) in [6.07, 6.45) is -0.488. The largest absolute Gasteiger partial charge is 0.389 e. The van der Waals surface area contributed by atoms with Crippen molar-refractivity contribution in [2.24, 2.45) is 0 Å². The monoisotopic (exact) mass is 280 g/mol. The molecular weight excluding hydrogens is 256 g/mol. The minimum atomic E-state index is -0.488. The SMILES string of the molecule is COCCOCC(O)CN1CCNCc2ccccc21. The Morgan fingerprint density at radius 3 is 3.05 bits per heavy atom. The van der Waals surface area contributed by atoms with Crippen molar-refractivity contribution < 1.29 is 14.6 Å². The summed E-state index contributed by atoms with van der Waals surface area (Å²) in [5.41, 5.74) is 2.48. The van der Waals surface area contributed by atoms with Crippen molar-refractivity contribution in [3.8, 4) is 0 Å². The zero-order valence-corrected chi connectivity index (χ0v) is 12.0. The molecule has 5 heteroatoms. The third kappa shape index (κ3) is 4.45. The van der Waals surface area contributed by atoms with E-state index in [0.29, 0.717) is 26.4 Å². The molecule has 0 bridgehead atoms. The Kier molecular flexibility index (Phi) is 6.26. The minimum absolute atomic E-state index is 0.343. The van der Waals surface area contributed by atoms with Crippen LogP contribution >= 0.6 is 0 Å². The van der Waals surface area contributed by atoms with Gasteiger partial charge in [-0.25, -0.2) is 0 Å². The number of methoxy groups -OCH3 is 1. The minimum Gasteiger partial charge on any atom is -0.389 e. The number of rotatable bonds is 7. The van der Waals surface area contributed by atoms with Gasteiger partial charge in [0.25, 0.3) is 0 Å². The predicted octanol–water partition coefficient (Wildman–Crippen LogP) is 0.620. The molecule has 112 valence electrons. The van der Waals surface area contributed by atoms with Crippen molar-refractivity contribution in [2.45, 2.75) is 12.6 Å². The van der Waals surface area contributed by atoms with Crippen LogP contribution in [0.25, 0.3) is 0 Å². The van der Waals surface area contributed by atoms with Crippen LogP contribution < -0.4 is 10.2 Å². The highest BCUT2D eigenvalue weighted by molar-refractivity contribution is 5.54. The highest BCUT2D eigenvalue weighted by Crippen LogP contribution is 2.22. The molecule has 0 aromatic heterocycles. The van der Waals surface area contributed by atoms with Gasteiger partial charge in [0.1, 0.15) is 0 Å². The number of hydrogen-bond donors (Lipinski definition) is 2. The number of hydrogen-bond acceptors (Lipinski definition) is 5. The molecule has 1 aromatic carbocycles. The zero-order chi connectivity index (χ0) is 14.2. The van der Waals surface area contributed by atoms with Crippen molar-refractivity contribution in [1.29, 1.82) is 0 Å². The summed E-state index contributed by atoms with van der Waals surface area (Å²) < 4.78 is 10.3. The van der Waals surface area contributed by atoms with Crippen molar-refractivity contribution in [3.05, 3.63) is 29.8 Å². The van der Waals surface area contributed by atoms with Crippen LogP contribution in [0.1, 0.15) is 5.56 Å². The molecule has 0 spiro atoms. The average Bonchev–Trinajstić information content (AvgIpc) is 2.67. The van der Waals surface area contributed by atoms with Crippen LogP contribution in [0.15, 0.2) is 24.3 Å². The fourth-order valence-electron chi connectivity index (χ4n) is 2.38. The molecule has 1 aliphatic rings. The molecule has 20 heavy (non-hydrogen) atoms. The molecule has 2 rings (SSSR count). The van der Waals surface area contributed by atoms with E-state index in [9.17, 15) is 5.11 Å². The highest BCUT2D eigenvalue weighted by Gasteiger charge is 2.17. The molecule has 1 atom stereocenters. The second kappa shape index (κ2) is 8.21. The first-order valence-electron chi connectivity index (χ1n) is 7.09. The molecule has 0 amide bonds. The lowest BCUT2D eigenvalue weighted by Gasteiger charge is -2.27. The summed E-state index contributed by atoms with van der Waals surface area (Å²) in [5, 5.41) is 13.5. The number of para-hydroxylation sites is 1. The van der Waals surface area contributed by atoms with Gasteiger partial charge in [-0.2, -0.15) is 0 Å². The number of anilines is 1. The van der Waals surface area contributed by atoms with E-state index in [1.807, 2.05) is 12.1 Å². The van der Waals surface area contributed by atoms with Gasteiger partial charge in [0.15, 0.2) is 0 Å². The molecule has 1 unspecified atom stereocenters. The van der Waals surface area contributed by atoms with Crippen LogP contribution in [0.2, 0.25) is 0 Å². The number of benzene rings is 1. The number of aliphatic hydroxyl groups is 1. The summed E-state index contributed by atoms with van der Waals surface area (Å²) >= 11 is 0. The van der Waals surface area contributed by atoms with Crippen molar-refractivity contribution in [2.75, 3.05) is 51.5 Å². The second-order valence-electron chi connectivity index (χ2n) is 4.97. The van der Waals surface area contributed by atoms with E-state index in [1.54, 1.807) is 7.11 Å². The van der Waals surface area contributed by atoms with Gasteiger partial charge in [-0.3, -0.25) is 0 Å². The van der Waals surface area contributed by atoms with Gasteiger partial charge in [-0.05, 0) is 11.6 Å². The van der Waals surface area contributed by atoms with Crippen LogP contribution in [-0.4, -0.2) is 57.8 Å². The maximum atomic E-state index is 10.1. The van der Waals surface area contributed by atoms with Gasteiger partial charge >= 0.3 is 0 Å². The summed E-state index contributed by atoms with van der Waals surface area (Å²) in [6, 6.07) is 8.33. The summed E-state index contributed by atoms with van der Waals surface area (Å²) in [5.74, 6) is 0. The van der Waals surface area contributed by atoms with Gasteiger partial charge in [0.05, 0.1) is 25.9 Å². The molecule has 1 aromatic rings. The number of aliphatic hydroxyl groups excluding tert-OH is 1. The summed E-state index contributed by atoms with van der Waals surface area (Å²) in [6.45, 7) is 4.71. The Morgan fingerprint density at radius 2 is 2.20 bits per heavy atom.